The zero-order chi connectivity index (χ0) is 12.3. The molecule has 0 spiro atoms. The van der Waals surface area contributed by atoms with Crippen molar-refractivity contribution >= 4 is 29.9 Å². The smallest absolute Gasteiger partial charge is 0.251 e. The molecule has 1 unspecified atom stereocenters. The summed E-state index contributed by atoms with van der Waals surface area (Å²) in [6.45, 7) is 4.65. The van der Waals surface area contributed by atoms with Gasteiger partial charge in [-0.3, -0.25) is 4.79 Å². The lowest BCUT2D eigenvalue weighted by atomic mass is 10.1. The van der Waals surface area contributed by atoms with E-state index in [4.69, 9.17) is 11.6 Å². The number of carbonyl (C=O) groups excluding carboxylic acids is 1. The molecular formula is C13H18Cl2N2O. The second kappa shape index (κ2) is 6.98. The molecule has 1 aliphatic rings. The Morgan fingerprint density at radius 3 is 3.00 bits per heavy atom. The monoisotopic (exact) mass is 288 g/mol. The van der Waals surface area contributed by atoms with E-state index < -0.39 is 0 Å². The molecule has 0 aromatic heterocycles. The van der Waals surface area contributed by atoms with Gasteiger partial charge in [0.15, 0.2) is 0 Å². The maximum absolute atomic E-state index is 12.0. The first-order valence-corrected chi connectivity index (χ1v) is 6.30. The summed E-state index contributed by atoms with van der Waals surface area (Å²) in [5.74, 6) is 0.523. The van der Waals surface area contributed by atoms with Crippen molar-refractivity contribution in [1.29, 1.82) is 0 Å². The van der Waals surface area contributed by atoms with Gasteiger partial charge >= 0.3 is 0 Å². The number of rotatable bonds is 3. The van der Waals surface area contributed by atoms with E-state index in [2.05, 4.69) is 10.6 Å². The van der Waals surface area contributed by atoms with Gasteiger partial charge in [-0.1, -0.05) is 17.7 Å². The van der Waals surface area contributed by atoms with E-state index in [1.165, 1.54) is 0 Å². The molecule has 1 amide bonds. The SMILES string of the molecule is Cc1c(Cl)cccc1C(=O)NCC1CCNC1.Cl. The van der Waals surface area contributed by atoms with Gasteiger partial charge in [0.05, 0.1) is 0 Å². The lowest BCUT2D eigenvalue weighted by Gasteiger charge is -2.11. The fourth-order valence-electron chi connectivity index (χ4n) is 2.07. The fourth-order valence-corrected chi connectivity index (χ4v) is 2.25. The number of hydrogen-bond donors (Lipinski definition) is 2. The van der Waals surface area contributed by atoms with Gasteiger partial charge in [0.25, 0.3) is 5.91 Å². The number of nitrogens with one attached hydrogen (secondary N) is 2. The lowest BCUT2D eigenvalue weighted by Crippen LogP contribution is -2.30. The lowest BCUT2D eigenvalue weighted by molar-refractivity contribution is 0.0947. The van der Waals surface area contributed by atoms with Crippen LogP contribution in [0, 0.1) is 12.8 Å². The second-order valence-electron chi connectivity index (χ2n) is 4.48. The van der Waals surface area contributed by atoms with Crippen LogP contribution in [0.3, 0.4) is 0 Å². The molecule has 0 saturated carbocycles. The van der Waals surface area contributed by atoms with Crippen LogP contribution < -0.4 is 10.6 Å². The van der Waals surface area contributed by atoms with Crippen LogP contribution in [0.2, 0.25) is 5.02 Å². The van der Waals surface area contributed by atoms with Gasteiger partial charge in [0.1, 0.15) is 0 Å². The van der Waals surface area contributed by atoms with E-state index in [1.807, 2.05) is 13.0 Å². The maximum atomic E-state index is 12.0. The van der Waals surface area contributed by atoms with Gasteiger partial charge < -0.3 is 10.6 Å². The van der Waals surface area contributed by atoms with Gasteiger partial charge in [0.2, 0.25) is 0 Å². The number of halogens is 2. The van der Waals surface area contributed by atoms with Crippen molar-refractivity contribution in [2.24, 2.45) is 5.92 Å². The van der Waals surface area contributed by atoms with Crippen LogP contribution in [0.1, 0.15) is 22.3 Å². The molecule has 1 atom stereocenters. The van der Waals surface area contributed by atoms with Crippen molar-refractivity contribution < 1.29 is 4.79 Å². The van der Waals surface area contributed by atoms with E-state index in [-0.39, 0.29) is 18.3 Å². The van der Waals surface area contributed by atoms with Crippen molar-refractivity contribution in [3.63, 3.8) is 0 Å². The quantitative estimate of drug-likeness (QED) is 0.897. The van der Waals surface area contributed by atoms with E-state index >= 15 is 0 Å². The Balaban J connectivity index is 0.00000162. The standard InChI is InChI=1S/C13H17ClN2O.ClH/c1-9-11(3-2-4-12(9)14)13(17)16-8-10-5-6-15-7-10;/h2-4,10,15H,5-8H2,1H3,(H,16,17);1H. The summed E-state index contributed by atoms with van der Waals surface area (Å²) in [5, 5.41) is 6.89. The van der Waals surface area contributed by atoms with Crippen LogP contribution >= 0.6 is 24.0 Å². The van der Waals surface area contributed by atoms with Crippen molar-refractivity contribution in [3.05, 3.63) is 34.3 Å². The Bertz CT molecular complexity index is 417. The average Bonchev–Trinajstić information content (AvgIpc) is 2.82. The van der Waals surface area contributed by atoms with Crippen LogP contribution in [0.25, 0.3) is 0 Å². The molecule has 3 nitrogen and oxygen atoms in total. The van der Waals surface area contributed by atoms with Gasteiger partial charge in [-0.2, -0.15) is 0 Å². The minimum atomic E-state index is -0.0306. The summed E-state index contributed by atoms with van der Waals surface area (Å²) in [6.07, 6.45) is 1.13. The van der Waals surface area contributed by atoms with Gasteiger partial charge in [-0.05, 0) is 50.0 Å². The molecule has 1 aliphatic heterocycles. The summed E-state index contributed by atoms with van der Waals surface area (Å²) in [5.41, 5.74) is 1.51. The molecule has 2 N–H and O–H groups in total. The largest absolute Gasteiger partial charge is 0.352 e. The van der Waals surface area contributed by atoms with E-state index in [0.717, 1.165) is 31.6 Å². The first-order chi connectivity index (χ1) is 8.18. The van der Waals surface area contributed by atoms with Gasteiger partial charge in [0, 0.05) is 17.1 Å². The minimum absolute atomic E-state index is 0. The highest BCUT2D eigenvalue weighted by Gasteiger charge is 2.16. The Morgan fingerprint density at radius 1 is 1.56 bits per heavy atom. The third kappa shape index (κ3) is 3.61. The fraction of sp³-hybridized carbons (Fsp3) is 0.462. The van der Waals surface area contributed by atoms with E-state index in [1.54, 1.807) is 12.1 Å². The first kappa shape index (κ1) is 15.3. The molecule has 1 fully saturated rings. The van der Waals surface area contributed by atoms with Crippen LogP contribution in [0.5, 0.6) is 0 Å². The first-order valence-electron chi connectivity index (χ1n) is 5.92. The molecule has 0 aliphatic carbocycles. The molecule has 1 heterocycles. The molecule has 100 valence electrons. The molecular weight excluding hydrogens is 271 g/mol. The molecule has 1 aromatic carbocycles. The summed E-state index contributed by atoms with van der Waals surface area (Å²) >= 11 is 6.00. The summed E-state index contributed by atoms with van der Waals surface area (Å²) in [4.78, 5) is 12.0. The van der Waals surface area contributed by atoms with Gasteiger partial charge in [-0.15, -0.1) is 12.4 Å². The zero-order valence-electron chi connectivity index (χ0n) is 10.3. The van der Waals surface area contributed by atoms with Crippen LogP contribution in [0.4, 0.5) is 0 Å². The van der Waals surface area contributed by atoms with Crippen molar-refractivity contribution in [1.82, 2.24) is 10.6 Å². The number of amides is 1. The number of carbonyl (C=O) groups is 1. The predicted molar refractivity (Wildman–Crippen MR) is 76.7 cm³/mol. The number of benzene rings is 1. The maximum Gasteiger partial charge on any atom is 0.251 e. The highest BCUT2D eigenvalue weighted by atomic mass is 35.5. The average molecular weight is 289 g/mol. The third-order valence-corrected chi connectivity index (χ3v) is 3.64. The Hall–Kier alpha value is -0.770. The van der Waals surface area contributed by atoms with Crippen LogP contribution in [-0.4, -0.2) is 25.5 Å². The minimum Gasteiger partial charge on any atom is -0.352 e. The Kier molecular flexibility index (Phi) is 5.93. The zero-order valence-corrected chi connectivity index (χ0v) is 11.9. The molecule has 5 heteroatoms. The third-order valence-electron chi connectivity index (χ3n) is 3.23. The highest BCUT2D eigenvalue weighted by Crippen LogP contribution is 2.18. The van der Waals surface area contributed by atoms with Crippen LogP contribution in [-0.2, 0) is 0 Å². The molecule has 0 radical (unpaired) electrons. The van der Waals surface area contributed by atoms with Gasteiger partial charge in [-0.25, -0.2) is 0 Å². The normalized spacial score (nSPS) is 18.2. The van der Waals surface area contributed by atoms with Crippen molar-refractivity contribution in [3.8, 4) is 0 Å². The van der Waals surface area contributed by atoms with E-state index in [0.29, 0.717) is 16.5 Å². The summed E-state index contributed by atoms with van der Waals surface area (Å²) in [6, 6.07) is 5.42. The topological polar surface area (TPSA) is 41.1 Å². The molecule has 0 bridgehead atoms. The molecule has 1 aromatic rings. The molecule has 1 saturated heterocycles. The molecule has 2 rings (SSSR count). The number of hydrogen-bond acceptors (Lipinski definition) is 2. The van der Waals surface area contributed by atoms with Crippen molar-refractivity contribution in [2.75, 3.05) is 19.6 Å². The Morgan fingerprint density at radius 2 is 2.33 bits per heavy atom. The highest BCUT2D eigenvalue weighted by molar-refractivity contribution is 6.31. The van der Waals surface area contributed by atoms with Crippen molar-refractivity contribution in [2.45, 2.75) is 13.3 Å². The summed E-state index contributed by atoms with van der Waals surface area (Å²) < 4.78 is 0. The second-order valence-corrected chi connectivity index (χ2v) is 4.89. The molecule has 18 heavy (non-hydrogen) atoms. The summed E-state index contributed by atoms with van der Waals surface area (Å²) in [7, 11) is 0. The predicted octanol–water partition coefficient (Wildman–Crippen LogP) is 2.41. The van der Waals surface area contributed by atoms with E-state index in [9.17, 15) is 4.79 Å². The Labute approximate surface area is 119 Å². The van der Waals surface area contributed by atoms with Crippen LogP contribution in [0.15, 0.2) is 18.2 Å².